The molecule has 1 heterocycles. The van der Waals surface area contributed by atoms with Gasteiger partial charge in [-0.15, -0.1) is 5.10 Å². The summed E-state index contributed by atoms with van der Waals surface area (Å²) in [7, 11) is 0. The summed E-state index contributed by atoms with van der Waals surface area (Å²) in [4.78, 5) is 12.6. The Labute approximate surface area is 189 Å². The Bertz CT molecular complexity index is 872. The van der Waals surface area contributed by atoms with Gasteiger partial charge in [0.25, 0.3) is 0 Å². The molecular weight excluding hydrogens is 410 g/mol. The van der Waals surface area contributed by atoms with Crippen LogP contribution in [0.25, 0.3) is 0 Å². The lowest BCUT2D eigenvalue weighted by Gasteiger charge is -2.25. The number of hydrogen-bond acceptors (Lipinski definition) is 8. The molecule has 32 heavy (non-hydrogen) atoms. The second kappa shape index (κ2) is 12.2. The Morgan fingerprint density at radius 1 is 1.22 bits per heavy atom. The Kier molecular flexibility index (Phi) is 9.71. The number of ether oxygens (including phenoxy) is 2. The van der Waals surface area contributed by atoms with Crippen molar-refractivity contribution in [2.75, 3.05) is 19.8 Å². The third kappa shape index (κ3) is 8.00. The zero-order valence-corrected chi connectivity index (χ0v) is 19.2. The van der Waals surface area contributed by atoms with Gasteiger partial charge in [0.15, 0.2) is 5.82 Å². The SMILES string of the molecule is CC(C)COCC(CC#N)n1nnnc1[C@@H](COCc1ccccc1)NC(=O)C(C)(C)N. The molecule has 1 amide bonds. The fourth-order valence-corrected chi connectivity index (χ4v) is 2.85. The minimum atomic E-state index is -1.09. The molecule has 0 saturated carbocycles. The predicted octanol–water partition coefficient (Wildman–Crippen LogP) is 1.91. The van der Waals surface area contributed by atoms with Crippen LogP contribution in [0.3, 0.4) is 0 Å². The van der Waals surface area contributed by atoms with Crippen LogP contribution in [0.15, 0.2) is 30.3 Å². The van der Waals surface area contributed by atoms with Gasteiger partial charge in [-0.05, 0) is 35.8 Å². The van der Waals surface area contributed by atoms with Crippen LogP contribution in [0, 0.1) is 17.2 Å². The van der Waals surface area contributed by atoms with Crippen LogP contribution >= 0.6 is 0 Å². The number of nitrogens with one attached hydrogen (secondary N) is 1. The van der Waals surface area contributed by atoms with Crippen molar-refractivity contribution in [3.63, 3.8) is 0 Å². The van der Waals surface area contributed by atoms with E-state index in [1.54, 1.807) is 13.8 Å². The molecule has 1 unspecified atom stereocenters. The number of aromatic nitrogens is 4. The molecule has 10 heteroatoms. The summed E-state index contributed by atoms with van der Waals surface area (Å²) in [5, 5.41) is 24.2. The highest BCUT2D eigenvalue weighted by atomic mass is 16.5. The Hall–Kier alpha value is -2.87. The molecular formula is C22H33N7O3. The van der Waals surface area contributed by atoms with Gasteiger partial charge in [0.1, 0.15) is 6.04 Å². The van der Waals surface area contributed by atoms with Crippen molar-refractivity contribution in [2.24, 2.45) is 11.7 Å². The minimum Gasteiger partial charge on any atom is -0.379 e. The van der Waals surface area contributed by atoms with Crippen molar-refractivity contribution < 1.29 is 14.3 Å². The largest absolute Gasteiger partial charge is 0.379 e. The molecule has 1 aromatic carbocycles. The van der Waals surface area contributed by atoms with Crippen LogP contribution in [0.2, 0.25) is 0 Å². The van der Waals surface area contributed by atoms with Crippen molar-refractivity contribution >= 4 is 5.91 Å². The first-order valence-electron chi connectivity index (χ1n) is 10.7. The topological polar surface area (TPSA) is 141 Å². The van der Waals surface area contributed by atoms with E-state index in [9.17, 15) is 10.1 Å². The molecule has 174 valence electrons. The third-order valence-electron chi connectivity index (χ3n) is 4.55. The summed E-state index contributed by atoms with van der Waals surface area (Å²) in [5.74, 6) is 0.369. The molecule has 0 spiro atoms. The number of tetrazole rings is 1. The van der Waals surface area contributed by atoms with Gasteiger partial charge in [-0.2, -0.15) is 5.26 Å². The maximum absolute atomic E-state index is 12.6. The van der Waals surface area contributed by atoms with Gasteiger partial charge in [-0.3, -0.25) is 4.79 Å². The molecule has 1 aromatic heterocycles. The van der Waals surface area contributed by atoms with Crippen molar-refractivity contribution in [3.8, 4) is 6.07 Å². The number of benzene rings is 1. The van der Waals surface area contributed by atoms with E-state index in [0.29, 0.717) is 25.0 Å². The van der Waals surface area contributed by atoms with Gasteiger partial charge in [-0.25, -0.2) is 4.68 Å². The van der Waals surface area contributed by atoms with E-state index in [2.05, 4.69) is 26.9 Å². The summed E-state index contributed by atoms with van der Waals surface area (Å²) in [5.41, 5.74) is 5.87. The van der Waals surface area contributed by atoms with Crippen molar-refractivity contribution in [1.82, 2.24) is 25.5 Å². The summed E-state index contributed by atoms with van der Waals surface area (Å²) < 4.78 is 13.1. The van der Waals surface area contributed by atoms with E-state index in [-0.39, 0.29) is 25.5 Å². The highest BCUT2D eigenvalue weighted by Gasteiger charge is 2.30. The minimum absolute atomic E-state index is 0.128. The number of amides is 1. The average Bonchev–Trinajstić information content (AvgIpc) is 3.21. The molecule has 2 atom stereocenters. The molecule has 0 radical (unpaired) electrons. The summed E-state index contributed by atoms with van der Waals surface area (Å²) in [6.45, 7) is 8.65. The van der Waals surface area contributed by atoms with E-state index < -0.39 is 17.6 Å². The molecule has 0 aliphatic carbocycles. The lowest BCUT2D eigenvalue weighted by Crippen LogP contribution is -2.51. The monoisotopic (exact) mass is 443 g/mol. The van der Waals surface area contributed by atoms with E-state index in [1.807, 2.05) is 44.2 Å². The summed E-state index contributed by atoms with van der Waals surface area (Å²) >= 11 is 0. The van der Waals surface area contributed by atoms with Crippen molar-refractivity contribution in [3.05, 3.63) is 41.7 Å². The molecule has 0 aliphatic rings. The Morgan fingerprint density at radius 2 is 1.94 bits per heavy atom. The highest BCUT2D eigenvalue weighted by molar-refractivity contribution is 5.85. The first-order chi connectivity index (χ1) is 15.2. The molecule has 2 aromatic rings. The molecule has 3 N–H and O–H groups in total. The lowest BCUT2D eigenvalue weighted by molar-refractivity contribution is -0.126. The fraction of sp³-hybridized carbons (Fsp3) is 0.591. The third-order valence-corrected chi connectivity index (χ3v) is 4.55. The van der Waals surface area contributed by atoms with Crippen LogP contribution < -0.4 is 11.1 Å². The second-order valence-electron chi connectivity index (χ2n) is 8.68. The summed E-state index contributed by atoms with van der Waals surface area (Å²) in [6, 6.07) is 10.8. The van der Waals surface area contributed by atoms with Gasteiger partial charge in [-0.1, -0.05) is 44.2 Å². The van der Waals surface area contributed by atoms with Crippen LogP contribution in [0.4, 0.5) is 0 Å². The van der Waals surface area contributed by atoms with E-state index in [0.717, 1.165) is 5.56 Å². The quantitative estimate of drug-likeness (QED) is 0.478. The van der Waals surface area contributed by atoms with Gasteiger partial charge in [0, 0.05) is 6.61 Å². The number of hydrogen-bond donors (Lipinski definition) is 2. The predicted molar refractivity (Wildman–Crippen MR) is 118 cm³/mol. The maximum Gasteiger partial charge on any atom is 0.240 e. The molecule has 0 fully saturated rings. The second-order valence-corrected chi connectivity index (χ2v) is 8.68. The molecule has 0 bridgehead atoms. The van der Waals surface area contributed by atoms with Crippen LogP contribution in [0.5, 0.6) is 0 Å². The first-order valence-corrected chi connectivity index (χ1v) is 10.7. The highest BCUT2D eigenvalue weighted by Crippen LogP contribution is 2.19. The van der Waals surface area contributed by atoms with Crippen LogP contribution in [-0.4, -0.2) is 51.5 Å². The number of carbonyl (C=O) groups excluding carboxylic acids is 1. The normalized spacial score (nSPS) is 13.5. The van der Waals surface area contributed by atoms with Crippen molar-refractivity contribution in [1.29, 1.82) is 5.26 Å². The lowest BCUT2D eigenvalue weighted by atomic mass is 10.1. The summed E-state index contributed by atoms with van der Waals surface area (Å²) in [6.07, 6.45) is 0.157. The number of nitrogens with two attached hydrogens (primary N) is 1. The Balaban J connectivity index is 2.20. The zero-order valence-electron chi connectivity index (χ0n) is 19.2. The van der Waals surface area contributed by atoms with E-state index in [1.165, 1.54) is 4.68 Å². The fourth-order valence-electron chi connectivity index (χ4n) is 2.85. The number of rotatable bonds is 13. The van der Waals surface area contributed by atoms with E-state index >= 15 is 0 Å². The maximum atomic E-state index is 12.6. The van der Waals surface area contributed by atoms with E-state index in [4.69, 9.17) is 15.2 Å². The number of nitriles is 1. The number of nitrogens with zero attached hydrogens (tertiary/aromatic N) is 5. The van der Waals surface area contributed by atoms with Crippen molar-refractivity contribution in [2.45, 2.75) is 58.3 Å². The number of carbonyl (C=O) groups is 1. The molecule has 2 rings (SSSR count). The Morgan fingerprint density at radius 3 is 2.56 bits per heavy atom. The molecule has 0 saturated heterocycles. The first kappa shape index (κ1) is 25.4. The van der Waals surface area contributed by atoms with Gasteiger partial charge >= 0.3 is 0 Å². The molecule has 10 nitrogen and oxygen atoms in total. The van der Waals surface area contributed by atoms with Crippen LogP contribution in [0.1, 0.15) is 57.6 Å². The van der Waals surface area contributed by atoms with Gasteiger partial charge < -0.3 is 20.5 Å². The van der Waals surface area contributed by atoms with Gasteiger partial charge in [0.05, 0.1) is 43.9 Å². The van der Waals surface area contributed by atoms with Crippen LogP contribution in [-0.2, 0) is 20.9 Å². The smallest absolute Gasteiger partial charge is 0.240 e. The van der Waals surface area contributed by atoms with Gasteiger partial charge in [0.2, 0.25) is 5.91 Å². The molecule has 0 aliphatic heterocycles. The standard InChI is InChI=1S/C22H33N7O3/c1-16(2)12-31-14-18(10-11-23)29-20(26-27-28-29)19(25-21(30)22(3,4)24)15-32-13-17-8-6-5-7-9-17/h5-9,16,18-19H,10,12-15,24H2,1-4H3,(H,25,30)/t18?,19-/m1/s1. The zero-order chi connectivity index (χ0) is 23.6. The average molecular weight is 444 g/mol.